The van der Waals surface area contributed by atoms with Gasteiger partial charge in [0.2, 0.25) is 17.7 Å². The zero-order valence-electron chi connectivity index (χ0n) is 16.9. The molecule has 1 aromatic rings. The fourth-order valence-corrected chi connectivity index (χ4v) is 3.70. The Bertz CT molecular complexity index is 761. The van der Waals surface area contributed by atoms with Crippen LogP contribution in [0.2, 0.25) is 5.02 Å². The van der Waals surface area contributed by atoms with Crippen LogP contribution >= 0.6 is 11.6 Å². The van der Waals surface area contributed by atoms with Gasteiger partial charge in [-0.3, -0.25) is 16.0 Å². The van der Waals surface area contributed by atoms with Gasteiger partial charge in [-0.25, -0.2) is 4.99 Å². The molecule has 28 heavy (non-hydrogen) atoms. The van der Waals surface area contributed by atoms with Crippen molar-refractivity contribution in [2.75, 3.05) is 27.2 Å². The van der Waals surface area contributed by atoms with Crippen LogP contribution in [0, 0.1) is 0 Å². The lowest BCUT2D eigenvalue weighted by Gasteiger charge is -2.40. The van der Waals surface area contributed by atoms with Crippen molar-refractivity contribution in [3.05, 3.63) is 28.8 Å². The average molecular weight is 408 g/mol. The summed E-state index contributed by atoms with van der Waals surface area (Å²) < 4.78 is 5.25. The average Bonchev–Trinajstić information content (AvgIpc) is 2.67. The number of aliphatic imine (C=N–C) groups is 2. The van der Waals surface area contributed by atoms with Gasteiger partial charge in [-0.15, -0.1) is 0 Å². The molecule has 0 bridgehead atoms. The van der Waals surface area contributed by atoms with Crippen LogP contribution in [0.5, 0.6) is 5.75 Å². The summed E-state index contributed by atoms with van der Waals surface area (Å²) in [6.45, 7) is 6.02. The van der Waals surface area contributed by atoms with Gasteiger partial charge in [0.05, 0.1) is 12.1 Å². The number of nitrogens with two attached hydrogens (primary N) is 1. The maximum atomic E-state index is 6.71. The predicted octanol–water partition coefficient (Wildman–Crippen LogP) is 1.41. The van der Waals surface area contributed by atoms with Gasteiger partial charge in [0, 0.05) is 24.7 Å². The third-order valence-electron chi connectivity index (χ3n) is 4.99. The molecule has 0 amide bonds. The second kappa shape index (κ2) is 8.55. The Morgan fingerprint density at radius 3 is 2.68 bits per heavy atom. The minimum absolute atomic E-state index is 0.0993. The van der Waals surface area contributed by atoms with Crippen LogP contribution in [0.25, 0.3) is 0 Å². The Labute approximate surface area is 171 Å². The number of nitrogens with zero attached hydrogens (tertiary/aromatic N) is 3. The Kier molecular flexibility index (Phi) is 6.32. The molecule has 0 spiro atoms. The SMILES string of the molecule is COc1ccc(C2(N)N=C(N(C)C3CCNCC3)NC(=NC(C)C)N2)cc1Cl. The molecule has 1 unspecified atom stereocenters. The van der Waals surface area contributed by atoms with E-state index in [1.54, 1.807) is 19.2 Å². The van der Waals surface area contributed by atoms with Crippen molar-refractivity contribution in [1.82, 2.24) is 20.9 Å². The van der Waals surface area contributed by atoms with E-state index in [-0.39, 0.29) is 6.04 Å². The Morgan fingerprint density at radius 2 is 2.07 bits per heavy atom. The number of methoxy groups -OCH3 is 1. The molecule has 154 valence electrons. The van der Waals surface area contributed by atoms with Gasteiger partial charge in [-0.05, 0) is 58.0 Å². The number of piperidine rings is 1. The minimum atomic E-state index is -1.19. The molecular formula is C19H30ClN7O. The molecule has 5 N–H and O–H groups in total. The largest absolute Gasteiger partial charge is 0.495 e. The first-order chi connectivity index (χ1) is 13.3. The number of benzene rings is 1. The summed E-state index contributed by atoms with van der Waals surface area (Å²) in [5.41, 5.74) is 7.44. The summed E-state index contributed by atoms with van der Waals surface area (Å²) in [6.07, 6.45) is 2.10. The molecule has 1 atom stereocenters. The maximum absolute atomic E-state index is 6.71. The molecule has 3 rings (SSSR count). The highest BCUT2D eigenvalue weighted by Crippen LogP contribution is 2.30. The summed E-state index contributed by atoms with van der Waals surface area (Å²) in [5.74, 6) is 0.690. The smallest absolute Gasteiger partial charge is 0.215 e. The van der Waals surface area contributed by atoms with E-state index in [1.807, 2.05) is 27.0 Å². The van der Waals surface area contributed by atoms with E-state index in [1.165, 1.54) is 0 Å². The highest BCUT2D eigenvalue weighted by molar-refractivity contribution is 6.32. The van der Waals surface area contributed by atoms with E-state index >= 15 is 0 Å². The van der Waals surface area contributed by atoms with Crippen molar-refractivity contribution in [2.24, 2.45) is 15.7 Å². The molecule has 1 saturated heterocycles. The van der Waals surface area contributed by atoms with E-state index in [0.29, 0.717) is 28.7 Å². The molecule has 1 aromatic carbocycles. The lowest BCUT2D eigenvalue weighted by atomic mass is 10.1. The quantitative estimate of drug-likeness (QED) is 0.602. The second-order valence-corrected chi connectivity index (χ2v) is 7.87. The normalized spacial score (nSPS) is 24.5. The van der Waals surface area contributed by atoms with Crippen molar-refractivity contribution >= 4 is 23.5 Å². The molecule has 2 heterocycles. The molecule has 8 nitrogen and oxygen atoms in total. The fourth-order valence-electron chi connectivity index (χ4n) is 3.44. The first-order valence-electron chi connectivity index (χ1n) is 9.61. The summed E-state index contributed by atoms with van der Waals surface area (Å²) >= 11 is 6.33. The number of nitrogens with one attached hydrogen (secondary N) is 3. The Balaban J connectivity index is 1.98. The van der Waals surface area contributed by atoms with Crippen molar-refractivity contribution < 1.29 is 4.74 Å². The minimum Gasteiger partial charge on any atom is -0.495 e. The summed E-state index contributed by atoms with van der Waals surface area (Å²) in [6, 6.07) is 5.91. The topological polar surface area (TPSA) is 99.3 Å². The van der Waals surface area contributed by atoms with Crippen LogP contribution in [-0.2, 0) is 5.79 Å². The molecule has 1 fully saturated rings. The van der Waals surface area contributed by atoms with Crippen LogP contribution in [0.15, 0.2) is 28.2 Å². The number of halogens is 1. The summed E-state index contributed by atoms with van der Waals surface area (Å²) in [5, 5.41) is 10.4. The van der Waals surface area contributed by atoms with E-state index < -0.39 is 5.79 Å². The third-order valence-corrected chi connectivity index (χ3v) is 5.29. The van der Waals surface area contributed by atoms with Crippen molar-refractivity contribution in [3.8, 4) is 5.75 Å². The lowest BCUT2D eigenvalue weighted by molar-refractivity contribution is 0.275. The highest BCUT2D eigenvalue weighted by Gasteiger charge is 2.36. The zero-order valence-corrected chi connectivity index (χ0v) is 17.7. The summed E-state index contributed by atoms with van der Waals surface area (Å²) in [4.78, 5) is 11.6. The number of rotatable bonds is 4. The van der Waals surface area contributed by atoms with E-state index in [2.05, 4.69) is 25.8 Å². The Hall–Kier alpha value is -2.03. The Morgan fingerprint density at radius 1 is 1.36 bits per heavy atom. The summed E-state index contributed by atoms with van der Waals surface area (Å²) in [7, 11) is 3.63. The van der Waals surface area contributed by atoms with Gasteiger partial charge in [0.1, 0.15) is 5.75 Å². The van der Waals surface area contributed by atoms with E-state index in [0.717, 1.165) is 31.5 Å². The zero-order chi connectivity index (χ0) is 20.3. The van der Waals surface area contributed by atoms with Crippen molar-refractivity contribution in [1.29, 1.82) is 0 Å². The molecular weight excluding hydrogens is 378 g/mol. The number of ether oxygens (including phenoxy) is 1. The molecule has 2 aliphatic heterocycles. The standard InChI is InChI=1S/C19H30ClN7O/c1-12(2)23-17-24-18(27(3)14-7-9-22-10-8-14)26-19(21,25-17)13-5-6-16(28-4)15(20)11-13/h5-6,11-12,14,22H,7-10,21H2,1-4H3,(H2,23,24,25,26). The maximum Gasteiger partial charge on any atom is 0.215 e. The first-order valence-corrected chi connectivity index (χ1v) is 9.99. The lowest BCUT2D eigenvalue weighted by Crippen LogP contribution is -2.64. The fraction of sp³-hybridized carbons (Fsp3) is 0.579. The molecule has 0 radical (unpaired) electrons. The van der Waals surface area contributed by atoms with Crippen molar-refractivity contribution in [2.45, 2.75) is 44.6 Å². The van der Waals surface area contributed by atoms with Crippen LogP contribution in [-0.4, -0.2) is 56.1 Å². The van der Waals surface area contributed by atoms with Gasteiger partial charge >= 0.3 is 0 Å². The molecule has 0 aromatic heterocycles. The monoisotopic (exact) mass is 407 g/mol. The molecule has 0 saturated carbocycles. The van der Waals surface area contributed by atoms with Crippen molar-refractivity contribution in [3.63, 3.8) is 0 Å². The first kappa shape index (κ1) is 20.7. The highest BCUT2D eigenvalue weighted by atomic mass is 35.5. The third kappa shape index (κ3) is 4.51. The van der Waals surface area contributed by atoms with Crippen LogP contribution in [0.3, 0.4) is 0 Å². The van der Waals surface area contributed by atoms with E-state index in [9.17, 15) is 0 Å². The van der Waals surface area contributed by atoms with E-state index in [4.69, 9.17) is 27.1 Å². The number of hydrogen-bond donors (Lipinski definition) is 4. The van der Waals surface area contributed by atoms with Gasteiger partial charge < -0.3 is 20.3 Å². The van der Waals surface area contributed by atoms with Gasteiger partial charge in [0.15, 0.2) is 0 Å². The second-order valence-electron chi connectivity index (χ2n) is 7.46. The van der Waals surface area contributed by atoms with Gasteiger partial charge in [-0.2, -0.15) is 0 Å². The van der Waals surface area contributed by atoms with Crippen LogP contribution < -0.4 is 26.4 Å². The van der Waals surface area contributed by atoms with Crippen LogP contribution in [0.4, 0.5) is 0 Å². The molecule has 9 heteroatoms. The van der Waals surface area contributed by atoms with Crippen LogP contribution in [0.1, 0.15) is 32.3 Å². The number of guanidine groups is 2. The molecule has 2 aliphatic rings. The predicted molar refractivity (Wildman–Crippen MR) is 114 cm³/mol. The number of hydrogen-bond acceptors (Lipinski definition) is 6. The van der Waals surface area contributed by atoms with Gasteiger partial charge in [0.25, 0.3) is 0 Å². The molecule has 0 aliphatic carbocycles. The van der Waals surface area contributed by atoms with Gasteiger partial charge in [-0.1, -0.05) is 11.6 Å².